The maximum Gasteiger partial charge on any atom is 0.227 e. The van der Waals surface area contributed by atoms with Crippen LogP contribution >= 0.6 is 0 Å². The molecule has 0 N–H and O–H groups in total. The van der Waals surface area contributed by atoms with Crippen molar-refractivity contribution in [3.8, 4) is 0 Å². The first-order valence-corrected chi connectivity index (χ1v) is 8.76. The summed E-state index contributed by atoms with van der Waals surface area (Å²) < 4.78 is 0. The first kappa shape index (κ1) is 17.3. The summed E-state index contributed by atoms with van der Waals surface area (Å²) in [7, 11) is 0. The van der Waals surface area contributed by atoms with Crippen LogP contribution < -0.4 is 0 Å². The van der Waals surface area contributed by atoms with Crippen LogP contribution in [0.4, 0.5) is 0 Å². The fraction of sp³-hybridized carbons (Fsp3) is 0.889. The molecule has 2 rings (SSSR count). The molecular formula is C18H32N2O2. The van der Waals surface area contributed by atoms with Gasteiger partial charge in [-0.2, -0.15) is 0 Å². The van der Waals surface area contributed by atoms with Crippen LogP contribution in [-0.4, -0.2) is 47.8 Å². The zero-order valence-electron chi connectivity index (χ0n) is 14.9. The maximum absolute atomic E-state index is 12.7. The second kappa shape index (κ2) is 6.59. The van der Waals surface area contributed by atoms with Gasteiger partial charge in [-0.15, -0.1) is 0 Å². The van der Waals surface area contributed by atoms with Crippen molar-refractivity contribution in [2.24, 2.45) is 23.2 Å². The molecule has 0 aromatic carbocycles. The number of hydrogen-bond acceptors (Lipinski definition) is 2. The van der Waals surface area contributed by atoms with E-state index in [1.54, 1.807) is 0 Å². The van der Waals surface area contributed by atoms with Crippen LogP contribution in [0.5, 0.6) is 0 Å². The fourth-order valence-corrected chi connectivity index (χ4v) is 3.90. The lowest BCUT2D eigenvalue weighted by molar-refractivity contribution is -0.146. The Morgan fingerprint density at radius 2 is 1.41 bits per heavy atom. The Balaban J connectivity index is 1.89. The van der Waals surface area contributed by atoms with Gasteiger partial charge >= 0.3 is 0 Å². The van der Waals surface area contributed by atoms with E-state index in [-0.39, 0.29) is 17.2 Å². The average molecular weight is 308 g/mol. The van der Waals surface area contributed by atoms with Crippen molar-refractivity contribution in [2.75, 3.05) is 26.2 Å². The largest absolute Gasteiger partial charge is 0.342 e. The highest BCUT2D eigenvalue weighted by Crippen LogP contribution is 2.27. The van der Waals surface area contributed by atoms with Crippen LogP contribution in [0.2, 0.25) is 0 Å². The third-order valence-electron chi connectivity index (χ3n) is 4.95. The Morgan fingerprint density at radius 1 is 0.909 bits per heavy atom. The van der Waals surface area contributed by atoms with Crippen molar-refractivity contribution in [3.63, 3.8) is 0 Å². The van der Waals surface area contributed by atoms with E-state index in [1.807, 2.05) is 25.7 Å². The third-order valence-corrected chi connectivity index (χ3v) is 4.95. The molecule has 4 heteroatoms. The van der Waals surface area contributed by atoms with Gasteiger partial charge in [-0.25, -0.2) is 0 Å². The number of amides is 2. The minimum absolute atomic E-state index is 0.113. The van der Waals surface area contributed by atoms with Crippen molar-refractivity contribution in [3.05, 3.63) is 0 Å². The Bertz CT molecular complexity index is 409. The average Bonchev–Trinajstić information content (AvgIpc) is 2.44. The van der Waals surface area contributed by atoms with Crippen molar-refractivity contribution in [1.29, 1.82) is 0 Å². The van der Waals surface area contributed by atoms with Crippen LogP contribution in [0.25, 0.3) is 0 Å². The molecule has 2 fully saturated rings. The van der Waals surface area contributed by atoms with Crippen molar-refractivity contribution in [2.45, 2.75) is 53.9 Å². The molecule has 0 spiro atoms. The summed E-state index contributed by atoms with van der Waals surface area (Å²) in [5.74, 6) is 1.85. The number of piperidine rings is 2. The van der Waals surface area contributed by atoms with E-state index < -0.39 is 0 Å². The summed E-state index contributed by atoms with van der Waals surface area (Å²) in [5.41, 5.74) is -0.325. The topological polar surface area (TPSA) is 40.6 Å². The Hall–Kier alpha value is -1.06. The van der Waals surface area contributed by atoms with E-state index >= 15 is 0 Å². The molecule has 2 atom stereocenters. The first-order valence-electron chi connectivity index (χ1n) is 8.76. The summed E-state index contributed by atoms with van der Waals surface area (Å²) in [5, 5.41) is 0. The van der Waals surface area contributed by atoms with Gasteiger partial charge in [-0.1, -0.05) is 34.6 Å². The lowest BCUT2D eigenvalue weighted by Crippen LogP contribution is -2.49. The van der Waals surface area contributed by atoms with E-state index in [0.717, 1.165) is 39.0 Å². The predicted octanol–water partition coefficient (Wildman–Crippen LogP) is 2.78. The Kier molecular flexibility index (Phi) is 5.18. The molecule has 0 bridgehead atoms. The maximum atomic E-state index is 12.7. The molecule has 2 heterocycles. The molecule has 0 radical (unpaired) electrons. The van der Waals surface area contributed by atoms with Gasteiger partial charge in [0.2, 0.25) is 11.8 Å². The van der Waals surface area contributed by atoms with Crippen LogP contribution in [0.3, 0.4) is 0 Å². The molecular weight excluding hydrogens is 276 g/mol. The van der Waals surface area contributed by atoms with E-state index in [0.29, 0.717) is 17.7 Å². The summed E-state index contributed by atoms with van der Waals surface area (Å²) in [6, 6.07) is 0. The van der Waals surface area contributed by atoms with E-state index in [9.17, 15) is 9.59 Å². The highest BCUT2D eigenvalue weighted by Gasteiger charge is 2.35. The quantitative estimate of drug-likeness (QED) is 0.747. The second-order valence-corrected chi connectivity index (χ2v) is 8.51. The SMILES string of the molecule is C[C@H]1C[C@H](C)CN(C(=O)C2CCN(C(=O)C(C)(C)C)CC2)C1. The molecule has 22 heavy (non-hydrogen) atoms. The molecule has 0 aliphatic carbocycles. The number of likely N-dealkylation sites (tertiary alicyclic amines) is 2. The smallest absolute Gasteiger partial charge is 0.227 e. The first-order chi connectivity index (χ1) is 10.2. The standard InChI is InChI=1S/C18H32N2O2/c1-13-10-14(2)12-20(11-13)16(21)15-6-8-19(9-7-15)17(22)18(3,4)5/h13-15H,6-12H2,1-5H3/t13-,14-/m0/s1. The van der Waals surface area contributed by atoms with Gasteiger partial charge in [0.05, 0.1) is 0 Å². The fourth-order valence-electron chi connectivity index (χ4n) is 3.90. The molecule has 0 unspecified atom stereocenters. The van der Waals surface area contributed by atoms with E-state index in [2.05, 4.69) is 18.7 Å². The number of rotatable bonds is 1. The summed E-state index contributed by atoms with van der Waals surface area (Å²) in [6.45, 7) is 13.6. The molecule has 4 nitrogen and oxygen atoms in total. The minimum atomic E-state index is -0.325. The van der Waals surface area contributed by atoms with Crippen molar-refractivity contribution >= 4 is 11.8 Å². The zero-order chi connectivity index (χ0) is 16.5. The van der Waals surface area contributed by atoms with E-state index in [4.69, 9.17) is 0 Å². The van der Waals surface area contributed by atoms with Gasteiger partial charge in [0.15, 0.2) is 0 Å². The normalized spacial score (nSPS) is 27.9. The Morgan fingerprint density at radius 3 is 1.86 bits per heavy atom. The Labute approximate surface area is 135 Å². The van der Waals surface area contributed by atoms with Crippen LogP contribution in [-0.2, 0) is 9.59 Å². The molecule has 0 aromatic heterocycles. The molecule has 2 aliphatic heterocycles. The van der Waals surface area contributed by atoms with E-state index in [1.165, 1.54) is 6.42 Å². The van der Waals surface area contributed by atoms with Crippen LogP contribution in [0, 0.1) is 23.2 Å². The van der Waals surface area contributed by atoms with Crippen molar-refractivity contribution < 1.29 is 9.59 Å². The number of carbonyl (C=O) groups excluding carboxylic acids is 2. The highest BCUT2D eigenvalue weighted by molar-refractivity contribution is 5.82. The summed E-state index contributed by atoms with van der Waals surface area (Å²) in [4.78, 5) is 29.1. The van der Waals surface area contributed by atoms with Gasteiger partial charge < -0.3 is 9.80 Å². The van der Waals surface area contributed by atoms with Crippen molar-refractivity contribution in [1.82, 2.24) is 9.80 Å². The van der Waals surface area contributed by atoms with Gasteiger partial charge in [0, 0.05) is 37.5 Å². The highest BCUT2D eigenvalue weighted by atomic mass is 16.2. The predicted molar refractivity (Wildman–Crippen MR) is 88.3 cm³/mol. The summed E-state index contributed by atoms with van der Waals surface area (Å²) in [6.07, 6.45) is 2.86. The lowest BCUT2D eigenvalue weighted by atomic mass is 9.88. The van der Waals surface area contributed by atoms with Gasteiger partial charge in [-0.3, -0.25) is 9.59 Å². The van der Waals surface area contributed by atoms with Crippen LogP contribution in [0.15, 0.2) is 0 Å². The third kappa shape index (κ3) is 4.02. The second-order valence-electron chi connectivity index (χ2n) is 8.51. The van der Waals surface area contributed by atoms with Gasteiger partial charge in [-0.05, 0) is 31.1 Å². The number of hydrogen-bond donors (Lipinski definition) is 0. The molecule has 126 valence electrons. The molecule has 2 aliphatic rings. The molecule has 2 amide bonds. The zero-order valence-corrected chi connectivity index (χ0v) is 14.9. The number of carbonyl (C=O) groups is 2. The lowest BCUT2D eigenvalue weighted by Gasteiger charge is -2.40. The molecule has 0 aromatic rings. The number of nitrogens with zero attached hydrogens (tertiary/aromatic N) is 2. The van der Waals surface area contributed by atoms with Gasteiger partial charge in [0.1, 0.15) is 0 Å². The monoisotopic (exact) mass is 308 g/mol. The molecule has 2 saturated heterocycles. The summed E-state index contributed by atoms with van der Waals surface area (Å²) >= 11 is 0. The van der Waals surface area contributed by atoms with Crippen LogP contribution in [0.1, 0.15) is 53.9 Å². The molecule has 0 saturated carbocycles. The van der Waals surface area contributed by atoms with Gasteiger partial charge in [0.25, 0.3) is 0 Å². The minimum Gasteiger partial charge on any atom is -0.342 e.